The lowest BCUT2D eigenvalue weighted by molar-refractivity contribution is 0.493. The summed E-state index contributed by atoms with van der Waals surface area (Å²) in [5.74, 6) is 1.04. The summed E-state index contributed by atoms with van der Waals surface area (Å²) in [6.07, 6.45) is 0. The van der Waals surface area contributed by atoms with E-state index in [2.05, 4.69) is 18.9 Å². The lowest BCUT2D eigenvalue weighted by Crippen LogP contribution is -2.03. The number of rotatable bonds is 5. The maximum Gasteiger partial charge on any atom is 0.338 e. The van der Waals surface area contributed by atoms with Crippen LogP contribution in [0.25, 0.3) is 0 Å². The fourth-order valence-corrected chi connectivity index (χ4v) is 3.51. The van der Waals surface area contributed by atoms with E-state index < -0.39 is 7.52 Å². The number of benzene rings is 2. The van der Waals surface area contributed by atoms with E-state index in [4.69, 9.17) is 16.1 Å². The van der Waals surface area contributed by atoms with E-state index in [0.717, 1.165) is 11.3 Å². The Hall–Kier alpha value is -1.44. The second-order valence-electron chi connectivity index (χ2n) is 5.69. The molecule has 0 fully saturated rings. The van der Waals surface area contributed by atoms with Gasteiger partial charge in [0.15, 0.2) is 0 Å². The molecule has 0 spiro atoms. The summed E-state index contributed by atoms with van der Waals surface area (Å²) in [6, 6.07) is 13.1. The first-order valence-corrected chi connectivity index (χ1v) is 9.64. The summed E-state index contributed by atoms with van der Waals surface area (Å²) in [5, 5.41) is 3.59. The molecule has 0 aliphatic rings. The topological polar surface area (TPSA) is 38.3 Å². The van der Waals surface area contributed by atoms with Crippen molar-refractivity contribution in [3.63, 3.8) is 0 Å². The van der Waals surface area contributed by atoms with Crippen molar-refractivity contribution in [1.29, 1.82) is 0 Å². The average Bonchev–Trinajstić information content (AvgIpc) is 2.44. The first-order chi connectivity index (χ1) is 10.3. The Balaban J connectivity index is 2.13. The average molecular weight is 338 g/mol. The van der Waals surface area contributed by atoms with E-state index in [0.29, 0.717) is 16.7 Å². The second-order valence-corrected chi connectivity index (χ2v) is 8.19. The fraction of sp³-hybridized carbons (Fsp3) is 0.294. The molecule has 1 unspecified atom stereocenters. The molecule has 0 saturated heterocycles. The second kappa shape index (κ2) is 6.76. The molecule has 1 N–H and O–H groups in total. The van der Waals surface area contributed by atoms with Gasteiger partial charge in [-0.05, 0) is 48.2 Å². The highest BCUT2D eigenvalue weighted by Gasteiger charge is 2.19. The number of hydrogen-bond acceptors (Lipinski definition) is 2. The maximum absolute atomic E-state index is 12.7. The molecule has 118 valence electrons. The van der Waals surface area contributed by atoms with Gasteiger partial charge in [-0.15, -0.1) is 0 Å². The van der Waals surface area contributed by atoms with Crippen LogP contribution in [0, 0.1) is 6.92 Å². The van der Waals surface area contributed by atoms with Crippen molar-refractivity contribution >= 4 is 24.8 Å². The molecule has 2 aromatic carbocycles. The zero-order valence-electron chi connectivity index (χ0n) is 13.3. The summed E-state index contributed by atoms with van der Waals surface area (Å²) in [5.41, 5.74) is 2.79. The minimum atomic E-state index is -3.03. The van der Waals surface area contributed by atoms with Gasteiger partial charge in [0.05, 0.1) is 0 Å². The van der Waals surface area contributed by atoms with Gasteiger partial charge in [-0.2, -0.15) is 0 Å². The SMILES string of the molecule is Cc1c(Cl)cccc1NP(C)(=O)Oc1ccc(C(C)C)cc1. The third-order valence-electron chi connectivity index (χ3n) is 3.42. The summed E-state index contributed by atoms with van der Waals surface area (Å²) < 4.78 is 18.3. The Bertz CT molecular complexity index is 698. The smallest absolute Gasteiger partial charge is 0.338 e. The third-order valence-corrected chi connectivity index (χ3v) is 5.03. The van der Waals surface area contributed by atoms with Crippen LogP contribution in [0.3, 0.4) is 0 Å². The van der Waals surface area contributed by atoms with Crippen molar-refractivity contribution < 1.29 is 9.09 Å². The maximum atomic E-state index is 12.7. The van der Waals surface area contributed by atoms with Crippen LogP contribution in [0.5, 0.6) is 5.75 Å². The molecule has 0 heterocycles. The molecule has 0 saturated carbocycles. The minimum absolute atomic E-state index is 0.453. The van der Waals surface area contributed by atoms with Crippen LogP contribution in [0.2, 0.25) is 5.02 Å². The van der Waals surface area contributed by atoms with Crippen molar-refractivity contribution in [2.75, 3.05) is 11.8 Å². The van der Waals surface area contributed by atoms with Crippen molar-refractivity contribution in [3.05, 3.63) is 58.6 Å². The molecule has 0 radical (unpaired) electrons. The predicted molar refractivity (Wildman–Crippen MR) is 94.5 cm³/mol. The van der Waals surface area contributed by atoms with Crippen LogP contribution in [0.1, 0.15) is 30.9 Å². The van der Waals surface area contributed by atoms with Gasteiger partial charge < -0.3 is 9.61 Å². The number of hydrogen-bond donors (Lipinski definition) is 1. The molecule has 1 atom stereocenters. The molecule has 2 aromatic rings. The lowest BCUT2D eigenvalue weighted by Gasteiger charge is -2.19. The summed E-state index contributed by atoms with van der Waals surface area (Å²) in [6.45, 7) is 7.69. The molecule has 0 aliphatic heterocycles. The molecule has 22 heavy (non-hydrogen) atoms. The van der Waals surface area contributed by atoms with Crippen LogP contribution in [0.15, 0.2) is 42.5 Å². The van der Waals surface area contributed by atoms with Crippen molar-refractivity contribution in [1.82, 2.24) is 0 Å². The Labute approximate surface area is 137 Å². The lowest BCUT2D eigenvalue weighted by atomic mass is 10.0. The van der Waals surface area contributed by atoms with Gasteiger partial charge in [0, 0.05) is 17.4 Å². The van der Waals surface area contributed by atoms with E-state index in [-0.39, 0.29) is 0 Å². The molecule has 0 amide bonds. The van der Waals surface area contributed by atoms with Gasteiger partial charge in [0.2, 0.25) is 0 Å². The molecular formula is C17H21ClNO2P. The first kappa shape index (κ1) is 16.9. The number of nitrogens with one attached hydrogen (secondary N) is 1. The Kier molecular flexibility index (Phi) is 5.20. The fourth-order valence-electron chi connectivity index (χ4n) is 2.08. The van der Waals surface area contributed by atoms with Crippen LogP contribution in [-0.4, -0.2) is 6.66 Å². The third kappa shape index (κ3) is 4.28. The van der Waals surface area contributed by atoms with Crippen molar-refractivity contribution in [3.8, 4) is 5.75 Å². The van der Waals surface area contributed by atoms with E-state index in [9.17, 15) is 4.57 Å². The molecule has 0 aromatic heterocycles. The van der Waals surface area contributed by atoms with Crippen LogP contribution >= 0.6 is 19.1 Å². The summed E-state index contributed by atoms with van der Waals surface area (Å²) in [7, 11) is -3.03. The molecule has 0 bridgehead atoms. The van der Waals surface area contributed by atoms with E-state index >= 15 is 0 Å². The molecule has 3 nitrogen and oxygen atoms in total. The van der Waals surface area contributed by atoms with Gasteiger partial charge in [-0.25, -0.2) is 0 Å². The molecule has 0 aliphatic carbocycles. The zero-order chi connectivity index (χ0) is 16.3. The van der Waals surface area contributed by atoms with Gasteiger partial charge in [-0.1, -0.05) is 43.6 Å². The van der Waals surface area contributed by atoms with Gasteiger partial charge in [-0.3, -0.25) is 4.57 Å². The van der Waals surface area contributed by atoms with Gasteiger partial charge >= 0.3 is 7.52 Å². The Morgan fingerprint density at radius 2 is 1.77 bits per heavy atom. The van der Waals surface area contributed by atoms with Crippen LogP contribution in [-0.2, 0) is 4.57 Å². The summed E-state index contributed by atoms with van der Waals surface area (Å²) >= 11 is 6.08. The van der Waals surface area contributed by atoms with Crippen LogP contribution < -0.4 is 9.61 Å². The first-order valence-electron chi connectivity index (χ1n) is 7.19. The Morgan fingerprint density at radius 3 is 2.36 bits per heavy atom. The number of halogens is 1. The Morgan fingerprint density at radius 1 is 1.14 bits per heavy atom. The normalized spacial score (nSPS) is 13.7. The quantitative estimate of drug-likeness (QED) is 0.671. The highest BCUT2D eigenvalue weighted by molar-refractivity contribution is 7.60. The van der Waals surface area contributed by atoms with E-state index in [1.54, 1.807) is 12.7 Å². The van der Waals surface area contributed by atoms with E-state index in [1.807, 2.05) is 43.3 Å². The monoisotopic (exact) mass is 337 g/mol. The van der Waals surface area contributed by atoms with Gasteiger partial charge in [0.25, 0.3) is 0 Å². The van der Waals surface area contributed by atoms with Crippen LogP contribution in [0.4, 0.5) is 5.69 Å². The highest BCUT2D eigenvalue weighted by Crippen LogP contribution is 2.44. The zero-order valence-corrected chi connectivity index (χ0v) is 14.9. The molecule has 5 heteroatoms. The molecule has 2 rings (SSSR count). The molecular weight excluding hydrogens is 317 g/mol. The van der Waals surface area contributed by atoms with E-state index in [1.165, 1.54) is 5.56 Å². The van der Waals surface area contributed by atoms with Crippen molar-refractivity contribution in [2.45, 2.75) is 26.7 Å². The number of anilines is 1. The van der Waals surface area contributed by atoms with Crippen molar-refractivity contribution in [2.24, 2.45) is 0 Å². The standard InChI is InChI=1S/C17H21ClNO2P/c1-12(2)14-8-10-15(11-9-14)21-22(4,20)19-17-7-5-6-16(18)13(17)3/h5-12H,1-4H3,(H,19,20). The minimum Gasteiger partial charge on any atom is -0.429 e. The largest absolute Gasteiger partial charge is 0.429 e. The van der Waals surface area contributed by atoms with Gasteiger partial charge in [0.1, 0.15) is 5.75 Å². The highest BCUT2D eigenvalue weighted by atomic mass is 35.5. The summed E-state index contributed by atoms with van der Waals surface area (Å²) in [4.78, 5) is 0. The predicted octanol–water partition coefficient (Wildman–Crippen LogP) is 6.09.